The lowest BCUT2D eigenvalue weighted by Gasteiger charge is -2.17. The second-order valence-corrected chi connectivity index (χ2v) is 3.95. The van der Waals surface area contributed by atoms with Gasteiger partial charge >= 0.3 is 11.9 Å². The number of hydrogen-bond acceptors (Lipinski definition) is 6. The average molecular weight is 273 g/mol. The molecule has 0 aliphatic carbocycles. The summed E-state index contributed by atoms with van der Waals surface area (Å²) >= 11 is 0. The second kappa shape index (κ2) is 7.73. The number of amides is 1. The Morgan fingerprint density at radius 3 is 2.21 bits per heavy atom. The molecule has 1 amide bonds. The molecule has 0 aromatic heterocycles. The van der Waals surface area contributed by atoms with Crippen molar-refractivity contribution < 1.29 is 28.6 Å². The monoisotopic (exact) mass is 273 g/mol. The molecule has 0 radical (unpaired) electrons. The van der Waals surface area contributed by atoms with Crippen LogP contribution in [0, 0.1) is 0 Å². The number of nitrogens with one attached hydrogen (secondary N) is 1. The van der Waals surface area contributed by atoms with Crippen LogP contribution in [0.1, 0.15) is 26.7 Å². The minimum Gasteiger partial charge on any atom is -0.464 e. The molecular formula is C12H19NO6. The summed E-state index contributed by atoms with van der Waals surface area (Å²) in [5, 5.41) is 2.32. The lowest BCUT2D eigenvalue weighted by Crippen LogP contribution is -2.51. The zero-order chi connectivity index (χ0) is 14.3. The van der Waals surface area contributed by atoms with Crippen molar-refractivity contribution in [3.8, 4) is 0 Å². The van der Waals surface area contributed by atoms with Crippen LogP contribution in [0.2, 0.25) is 0 Å². The molecule has 0 spiro atoms. The number of hydrogen-bond donors (Lipinski definition) is 1. The van der Waals surface area contributed by atoms with Crippen molar-refractivity contribution in [2.45, 2.75) is 38.8 Å². The molecule has 7 heteroatoms. The van der Waals surface area contributed by atoms with E-state index < -0.39 is 30.0 Å². The third kappa shape index (κ3) is 4.51. The molecule has 1 rings (SSSR count). The van der Waals surface area contributed by atoms with Crippen molar-refractivity contribution in [2.24, 2.45) is 0 Å². The van der Waals surface area contributed by atoms with Gasteiger partial charge in [0, 0.05) is 6.61 Å². The topological polar surface area (TPSA) is 90.9 Å². The third-order valence-electron chi connectivity index (χ3n) is 2.55. The molecule has 1 heterocycles. The summed E-state index contributed by atoms with van der Waals surface area (Å²) in [5.74, 6) is -2.15. The van der Waals surface area contributed by atoms with Gasteiger partial charge in [-0.15, -0.1) is 0 Å². The van der Waals surface area contributed by atoms with Gasteiger partial charge in [-0.25, -0.2) is 9.59 Å². The van der Waals surface area contributed by atoms with E-state index in [1.807, 2.05) is 0 Å². The Morgan fingerprint density at radius 2 is 1.79 bits per heavy atom. The van der Waals surface area contributed by atoms with E-state index in [0.29, 0.717) is 13.0 Å². The Kier molecular flexibility index (Phi) is 6.27. The zero-order valence-corrected chi connectivity index (χ0v) is 11.1. The summed E-state index contributed by atoms with van der Waals surface area (Å²) in [7, 11) is 0. The fraction of sp³-hybridized carbons (Fsp3) is 0.750. The first kappa shape index (κ1) is 15.4. The quantitative estimate of drug-likeness (QED) is 0.531. The molecule has 1 atom stereocenters. The summed E-state index contributed by atoms with van der Waals surface area (Å²) in [6, 6.07) is -1.43. The van der Waals surface area contributed by atoms with Crippen LogP contribution in [-0.2, 0) is 28.6 Å². The van der Waals surface area contributed by atoms with Crippen molar-refractivity contribution in [2.75, 3.05) is 19.8 Å². The van der Waals surface area contributed by atoms with Crippen LogP contribution >= 0.6 is 0 Å². The van der Waals surface area contributed by atoms with Crippen molar-refractivity contribution >= 4 is 17.8 Å². The molecule has 7 nitrogen and oxygen atoms in total. The number of carbonyl (C=O) groups is 3. The van der Waals surface area contributed by atoms with Crippen molar-refractivity contribution in [3.05, 3.63) is 0 Å². The predicted octanol–water partition coefficient (Wildman–Crippen LogP) is -0.224. The minimum atomic E-state index is -1.43. The van der Waals surface area contributed by atoms with Crippen LogP contribution < -0.4 is 5.32 Å². The Labute approximate surface area is 111 Å². The van der Waals surface area contributed by atoms with Gasteiger partial charge in [0.15, 0.2) is 0 Å². The average Bonchev–Trinajstić information content (AvgIpc) is 2.90. The molecule has 1 N–H and O–H groups in total. The van der Waals surface area contributed by atoms with Crippen LogP contribution in [0.25, 0.3) is 0 Å². The maximum atomic E-state index is 11.8. The van der Waals surface area contributed by atoms with E-state index in [0.717, 1.165) is 6.42 Å². The maximum absolute atomic E-state index is 11.8. The van der Waals surface area contributed by atoms with Crippen molar-refractivity contribution in [1.29, 1.82) is 0 Å². The predicted molar refractivity (Wildman–Crippen MR) is 64.2 cm³/mol. The molecular weight excluding hydrogens is 254 g/mol. The Balaban J connectivity index is 2.64. The molecule has 0 aromatic carbocycles. The normalized spacial score (nSPS) is 18.2. The largest absolute Gasteiger partial charge is 0.464 e. The molecule has 0 saturated carbocycles. The van der Waals surface area contributed by atoms with Crippen LogP contribution in [0.5, 0.6) is 0 Å². The lowest BCUT2D eigenvalue weighted by atomic mass is 10.2. The van der Waals surface area contributed by atoms with Gasteiger partial charge in [-0.05, 0) is 26.7 Å². The van der Waals surface area contributed by atoms with Crippen LogP contribution in [0.3, 0.4) is 0 Å². The summed E-state index contributed by atoms with van der Waals surface area (Å²) in [4.78, 5) is 35.1. The molecule has 0 bridgehead atoms. The number of ether oxygens (including phenoxy) is 3. The van der Waals surface area contributed by atoms with E-state index in [-0.39, 0.29) is 13.2 Å². The van der Waals surface area contributed by atoms with Gasteiger partial charge < -0.3 is 19.5 Å². The summed E-state index contributed by atoms with van der Waals surface area (Å²) < 4.78 is 14.7. The molecule has 1 unspecified atom stereocenters. The lowest BCUT2D eigenvalue weighted by molar-refractivity contribution is -0.160. The van der Waals surface area contributed by atoms with E-state index in [9.17, 15) is 14.4 Å². The Hall–Kier alpha value is -1.63. The van der Waals surface area contributed by atoms with Gasteiger partial charge in [-0.1, -0.05) is 0 Å². The molecule has 1 fully saturated rings. The van der Waals surface area contributed by atoms with Crippen LogP contribution in [-0.4, -0.2) is 49.8 Å². The smallest absolute Gasteiger partial charge is 0.340 e. The number of rotatable bonds is 6. The highest BCUT2D eigenvalue weighted by Crippen LogP contribution is 2.12. The fourth-order valence-corrected chi connectivity index (χ4v) is 1.68. The second-order valence-electron chi connectivity index (χ2n) is 3.95. The van der Waals surface area contributed by atoms with Crippen LogP contribution in [0.4, 0.5) is 0 Å². The van der Waals surface area contributed by atoms with Gasteiger partial charge in [0.1, 0.15) is 6.10 Å². The zero-order valence-electron chi connectivity index (χ0n) is 11.1. The van der Waals surface area contributed by atoms with Gasteiger partial charge in [-0.2, -0.15) is 0 Å². The highest BCUT2D eigenvalue weighted by Gasteiger charge is 2.34. The number of esters is 2. The first-order valence-corrected chi connectivity index (χ1v) is 6.35. The summed E-state index contributed by atoms with van der Waals surface area (Å²) in [6.07, 6.45) is 0.734. The third-order valence-corrected chi connectivity index (χ3v) is 2.55. The molecule has 1 aliphatic rings. The van der Waals surface area contributed by atoms with Gasteiger partial charge in [-0.3, -0.25) is 4.79 Å². The summed E-state index contributed by atoms with van der Waals surface area (Å²) in [6.45, 7) is 3.96. The minimum absolute atomic E-state index is 0.116. The standard InChI is InChI=1S/C12H19NO6/c1-3-17-11(15)9(12(16)18-4-2)13-10(14)8-6-5-7-19-8/h8-9H,3-7H2,1-2H3,(H,13,14). The SMILES string of the molecule is CCOC(=O)C(NC(=O)C1CCCO1)C(=O)OCC. The maximum Gasteiger partial charge on any atom is 0.340 e. The molecule has 19 heavy (non-hydrogen) atoms. The summed E-state index contributed by atoms with van der Waals surface area (Å²) in [5.41, 5.74) is 0. The van der Waals surface area contributed by atoms with Gasteiger partial charge in [0.25, 0.3) is 0 Å². The molecule has 108 valence electrons. The number of carbonyl (C=O) groups excluding carboxylic acids is 3. The van der Waals surface area contributed by atoms with E-state index in [4.69, 9.17) is 14.2 Å². The van der Waals surface area contributed by atoms with Gasteiger partial charge in [0.05, 0.1) is 13.2 Å². The van der Waals surface area contributed by atoms with E-state index in [1.165, 1.54) is 0 Å². The van der Waals surface area contributed by atoms with Crippen LogP contribution in [0.15, 0.2) is 0 Å². The van der Waals surface area contributed by atoms with E-state index >= 15 is 0 Å². The first-order chi connectivity index (χ1) is 9.10. The first-order valence-electron chi connectivity index (χ1n) is 6.35. The van der Waals surface area contributed by atoms with E-state index in [2.05, 4.69) is 5.32 Å². The van der Waals surface area contributed by atoms with Crippen molar-refractivity contribution in [3.63, 3.8) is 0 Å². The van der Waals surface area contributed by atoms with E-state index in [1.54, 1.807) is 13.8 Å². The highest BCUT2D eigenvalue weighted by molar-refractivity contribution is 6.02. The molecule has 1 saturated heterocycles. The molecule has 1 aliphatic heterocycles. The Bertz CT molecular complexity index is 319. The fourth-order valence-electron chi connectivity index (χ4n) is 1.68. The van der Waals surface area contributed by atoms with Gasteiger partial charge in [0.2, 0.25) is 11.9 Å². The molecule has 0 aromatic rings. The van der Waals surface area contributed by atoms with Crippen molar-refractivity contribution in [1.82, 2.24) is 5.32 Å². The Morgan fingerprint density at radius 1 is 1.21 bits per heavy atom. The highest BCUT2D eigenvalue weighted by atomic mass is 16.6.